The highest BCUT2D eigenvalue weighted by atomic mass is 32.1. The Morgan fingerprint density at radius 1 is 1.11 bits per heavy atom. The Morgan fingerprint density at radius 3 is 2.75 bits per heavy atom. The fourth-order valence-electron chi connectivity index (χ4n) is 5.25. The van der Waals surface area contributed by atoms with E-state index in [0.29, 0.717) is 40.1 Å². The van der Waals surface area contributed by atoms with Crippen molar-refractivity contribution >= 4 is 38.4 Å². The second kappa shape index (κ2) is 10.3. The lowest BCUT2D eigenvalue weighted by Crippen LogP contribution is -2.48. The minimum absolute atomic E-state index is 0.0440. The Bertz CT molecular complexity index is 1350. The largest absolute Gasteiger partial charge is 0.395 e. The number of hydrogen-bond donors (Lipinski definition) is 3. The van der Waals surface area contributed by atoms with Gasteiger partial charge in [0, 0.05) is 55.9 Å². The topological polar surface area (TPSA) is 102 Å². The summed E-state index contributed by atoms with van der Waals surface area (Å²) in [5.74, 6) is 0.458. The number of aromatic amines is 1. The Balaban J connectivity index is 1.26. The molecule has 0 amide bonds. The molecule has 1 aromatic carbocycles. The van der Waals surface area contributed by atoms with Crippen molar-refractivity contribution in [1.82, 2.24) is 29.7 Å². The first kappa shape index (κ1) is 23.7. The first-order valence-electron chi connectivity index (χ1n) is 12.5. The number of aliphatic hydroxyl groups is 1. The third-order valence-electron chi connectivity index (χ3n) is 7.09. The number of morpholine rings is 1. The number of piperidine rings is 1. The van der Waals surface area contributed by atoms with Crippen LogP contribution in [0.5, 0.6) is 0 Å². The summed E-state index contributed by atoms with van der Waals surface area (Å²) < 4.78 is 20.5. The molecule has 0 aliphatic carbocycles. The van der Waals surface area contributed by atoms with Gasteiger partial charge in [-0.25, -0.2) is 19.3 Å². The van der Waals surface area contributed by atoms with Crippen LogP contribution in [0, 0.1) is 5.82 Å². The van der Waals surface area contributed by atoms with Crippen LogP contribution >= 0.6 is 11.3 Å². The van der Waals surface area contributed by atoms with Gasteiger partial charge in [0.1, 0.15) is 21.2 Å². The van der Waals surface area contributed by atoms with Gasteiger partial charge in [-0.3, -0.25) is 9.80 Å². The minimum atomic E-state index is -0.373. The number of aromatic nitrogens is 4. The summed E-state index contributed by atoms with van der Waals surface area (Å²) >= 11 is 1.53. The van der Waals surface area contributed by atoms with Crippen LogP contribution in [0.3, 0.4) is 0 Å². The molecule has 0 unspecified atom stereocenters. The van der Waals surface area contributed by atoms with Gasteiger partial charge in [-0.15, -0.1) is 0 Å². The summed E-state index contributed by atoms with van der Waals surface area (Å²) in [6.07, 6.45) is 4.08. The second-order valence-electron chi connectivity index (χ2n) is 9.32. The Kier molecular flexibility index (Phi) is 6.81. The Morgan fingerprint density at radius 2 is 1.94 bits per heavy atom. The van der Waals surface area contributed by atoms with Crippen LogP contribution in [0.2, 0.25) is 0 Å². The molecule has 190 valence electrons. The molecule has 0 saturated carbocycles. The van der Waals surface area contributed by atoms with E-state index in [0.717, 1.165) is 74.7 Å². The van der Waals surface area contributed by atoms with E-state index in [-0.39, 0.29) is 12.4 Å². The van der Waals surface area contributed by atoms with Crippen LogP contribution in [0.4, 0.5) is 10.2 Å². The first-order valence-corrected chi connectivity index (χ1v) is 13.3. The van der Waals surface area contributed by atoms with E-state index in [2.05, 4.69) is 25.1 Å². The number of thiazole rings is 1. The smallest absolute Gasteiger partial charge is 0.166 e. The van der Waals surface area contributed by atoms with Crippen molar-refractivity contribution in [2.75, 3.05) is 57.9 Å². The molecule has 3 N–H and O–H groups in total. The maximum atomic E-state index is 15.0. The summed E-state index contributed by atoms with van der Waals surface area (Å²) in [7, 11) is 0. The maximum Gasteiger partial charge on any atom is 0.166 e. The number of aliphatic hydroxyl groups excluding tert-OH is 1. The van der Waals surface area contributed by atoms with Crippen molar-refractivity contribution in [2.45, 2.75) is 25.4 Å². The molecule has 2 aliphatic rings. The van der Waals surface area contributed by atoms with Crippen LogP contribution < -0.4 is 5.32 Å². The summed E-state index contributed by atoms with van der Waals surface area (Å²) in [5, 5.41) is 14.2. The molecule has 0 radical (unpaired) electrons. The summed E-state index contributed by atoms with van der Waals surface area (Å²) in [6, 6.07) is 5.61. The molecular formula is C25H30FN7O2S. The zero-order chi connectivity index (χ0) is 24.5. The van der Waals surface area contributed by atoms with Gasteiger partial charge in [-0.1, -0.05) is 11.3 Å². The van der Waals surface area contributed by atoms with Gasteiger partial charge in [0.2, 0.25) is 0 Å². The number of hydrogen-bond acceptors (Lipinski definition) is 9. The van der Waals surface area contributed by atoms with Crippen LogP contribution in [0.1, 0.15) is 17.8 Å². The number of nitrogens with one attached hydrogen (secondary N) is 2. The van der Waals surface area contributed by atoms with Gasteiger partial charge in [-0.05, 0) is 31.0 Å². The van der Waals surface area contributed by atoms with E-state index in [9.17, 15) is 9.50 Å². The predicted molar refractivity (Wildman–Crippen MR) is 139 cm³/mol. The third-order valence-corrected chi connectivity index (χ3v) is 8.03. The molecule has 2 aliphatic heterocycles. The van der Waals surface area contributed by atoms with Gasteiger partial charge >= 0.3 is 0 Å². The maximum absolute atomic E-state index is 15.0. The Labute approximate surface area is 212 Å². The van der Waals surface area contributed by atoms with Crippen LogP contribution in [0.25, 0.3) is 32.6 Å². The second-order valence-corrected chi connectivity index (χ2v) is 10.4. The molecule has 2 fully saturated rings. The lowest BCUT2D eigenvalue weighted by Gasteiger charge is -2.39. The van der Waals surface area contributed by atoms with Crippen molar-refractivity contribution in [3.8, 4) is 11.4 Å². The van der Waals surface area contributed by atoms with E-state index in [1.54, 1.807) is 12.3 Å². The SMILES string of the molecule is OCCNc1nc(-c2c(F)ccc3[nH]ccc23)nc2sc(CN3CCC(N4CCOCC4)CC3)nc12. The lowest BCUT2D eigenvalue weighted by atomic mass is 10.0. The molecule has 0 spiro atoms. The zero-order valence-electron chi connectivity index (χ0n) is 20.0. The van der Waals surface area contributed by atoms with Crippen LogP contribution in [-0.4, -0.2) is 93.4 Å². The normalized spacial score (nSPS) is 18.4. The highest BCUT2D eigenvalue weighted by Gasteiger charge is 2.27. The fraction of sp³-hybridized carbons (Fsp3) is 0.480. The van der Waals surface area contributed by atoms with Crippen molar-refractivity contribution < 1.29 is 14.2 Å². The standard InChI is InChI=1S/C25H30FN7O2S/c26-18-1-2-19-17(3-6-27-19)21(18)23-30-24(28-7-12-34)22-25(31-23)36-20(29-22)15-32-8-4-16(5-9-32)33-10-13-35-14-11-33/h1-3,6,16,27,34H,4-5,7-15H2,(H,28,30,31). The number of nitrogens with zero attached hydrogens (tertiary/aromatic N) is 5. The minimum Gasteiger partial charge on any atom is -0.395 e. The van der Waals surface area contributed by atoms with Crippen molar-refractivity contribution in [2.24, 2.45) is 0 Å². The number of ether oxygens (including phenoxy) is 1. The average molecular weight is 512 g/mol. The third kappa shape index (κ3) is 4.69. The first-order chi connectivity index (χ1) is 17.7. The van der Waals surface area contributed by atoms with E-state index < -0.39 is 0 Å². The number of anilines is 1. The van der Waals surface area contributed by atoms with Gasteiger partial charge in [0.25, 0.3) is 0 Å². The molecular weight excluding hydrogens is 481 g/mol. The molecule has 4 aromatic rings. The van der Waals surface area contributed by atoms with Crippen molar-refractivity contribution in [3.63, 3.8) is 0 Å². The van der Waals surface area contributed by atoms with E-state index in [4.69, 9.17) is 14.7 Å². The Hall–Kier alpha value is -2.70. The van der Waals surface area contributed by atoms with E-state index in [1.807, 2.05) is 6.07 Å². The monoisotopic (exact) mass is 511 g/mol. The van der Waals surface area contributed by atoms with Gasteiger partial charge in [0.15, 0.2) is 11.6 Å². The molecule has 11 heteroatoms. The number of H-pyrrole nitrogens is 1. The van der Waals surface area contributed by atoms with E-state index >= 15 is 0 Å². The van der Waals surface area contributed by atoms with E-state index in [1.165, 1.54) is 17.4 Å². The summed E-state index contributed by atoms with van der Waals surface area (Å²) in [6.45, 7) is 6.84. The molecule has 5 heterocycles. The van der Waals surface area contributed by atoms with Crippen LogP contribution in [0.15, 0.2) is 24.4 Å². The summed E-state index contributed by atoms with van der Waals surface area (Å²) in [5.41, 5.74) is 1.85. The van der Waals surface area contributed by atoms with Gasteiger partial charge in [0.05, 0.1) is 31.9 Å². The van der Waals surface area contributed by atoms with Crippen LogP contribution in [-0.2, 0) is 11.3 Å². The number of likely N-dealkylation sites (tertiary alicyclic amines) is 1. The summed E-state index contributed by atoms with van der Waals surface area (Å²) in [4.78, 5) is 23.1. The number of rotatable bonds is 7. The highest BCUT2D eigenvalue weighted by Crippen LogP contribution is 2.34. The van der Waals surface area contributed by atoms with Gasteiger partial charge < -0.3 is 20.1 Å². The fourth-order valence-corrected chi connectivity index (χ4v) is 6.23. The lowest BCUT2D eigenvalue weighted by molar-refractivity contribution is 0.000231. The van der Waals surface area contributed by atoms with Crippen molar-refractivity contribution in [3.05, 3.63) is 35.2 Å². The number of halogens is 1. The molecule has 9 nitrogen and oxygen atoms in total. The zero-order valence-corrected chi connectivity index (χ0v) is 20.9. The molecule has 0 bridgehead atoms. The molecule has 0 atom stereocenters. The predicted octanol–water partition coefficient (Wildman–Crippen LogP) is 3.07. The molecule has 3 aromatic heterocycles. The average Bonchev–Trinajstić information content (AvgIpc) is 3.55. The molecule has 2 saturated heterocycles. The van der Waals surface area contributed by atoms with Crippen molar-refractivity contribution in [1.29, 1.82) is 0 Å². The quantitative estimate of drug-likeness (QED) is 0.348. The highest BCUT2D eigenvalue weighted by molar-refractivity contribution is 7.18. The molecule has 36 heavy (non-hydrogen) atoms. The molecule has 6 rings (SSSR count). The van der Waals surface area contributed by atoms with Gasteiger partial charge in [-0.2, -0.15) is 0 Å². The number of benzene rings is 1. The number of fused-ring (bicyclic) bond motifs is 2.